The van der Waals surface area contributed by atoms with E-state index in [4.69, 9.17) is 0 Å². The molecule has 0 radical (unpaired) electrons. The van der Waals surface area contributed by atoms with Gasteiger partial charge in [0.25, 0.3) is 0 Å². The Morgan fingerprint density at radius 2 is 1.89 bits per heavy atom. The van der Waals surface area contributed by atoms with Crippen LogP contribution in [-0.4, -0.2) is 53.8 Å². The van der Waals surface area contributed by atoms with Gasteiger partial charge in [0.2, 0.25) is 5.91 Å². The molecule has 2 aromatic rings. The molecular formula is C18H20F3N5O2. The first-order valence-corrected chi connectivity index (χ1v) is 8.64. The molecule has 150 valence electrons. The summed E-state index contributed by atoms with van der Waals surface area (Å²) in [5.74, 6) is 0.945. The van der Waals surface area contributed by atoms with E-state index in [1.54, 1.807) is 30.1 Å². The van der Waals surface area contributed by atoms with Crippen LogP contribution in [-0.2, 0) is 4.79 Å². The van der Waals surface area contributed by atoms with Gasteiger partial charge in [0.1, 0.15) is 23.7 Å². The molecule has 10 heteroatoms. The number of halogens is 3. The van der Waals surface area contributed by atoms with E-state index in [-0.39, 0.29) is 24.2 Å². The van der Waals surface area contributed by atoms with Crippen LogP contribution in [0.15, 0.2) is 36.7 Å². The standard InChI is InChI=1S/C18H20F3N5O2/c1-12(13-3-5-14(6-4-13)28-18(19,20)21)24-15-9-16(23-11-22-15)26-8-7-25(2)17(27)10-26/h3-6,9,11-12H,7-8,10H2,1-2H3,(H,22,23,24)/t12-/m0/s1. The van der Waals surface area contributed by atoms with Crippen molar-refractivity contribution in [3.8, 4) is 5.75 Å². The van der Waals surface area contributed by atoms with E-state index in [9.17, 15) is 18.0 Å². The van der Waals surface area contributed by atoms with Gasteiger partial charge in [-0.25, -0.2) is 9.97 Å². The smallest absolute Gasteiger partial charge is 0.406 e. The highest BCUT2D eigenvalue weighted by Gasteiger charge is 2.31. The van der Waals surface area contributed by atoms with E-state index in [0.29, 0.717) is 24.7 Å². The van der Waals surface area contributed by atoms with Gasteiger partial charge < -0.3 is 19.9 Å². The quantitative estimate of drug-likeness (QED) is 0.840. The predicted molar refractivity (Wildman–Crippen MR) is 97.0 cm³/mol. The molecule has 1 aromatic carbocycles. The summed E-state index contributed by atoms with van der Waals surface area (Å²) in [5.41, 5.74) is 0.768. The van der Waals surface area contributed by atoms with Crippen LogP contribution in [0.5, 0.6) is 5.75 Å². The number of carbonyl (C=O) groups is 1. The average molecular weight is 395 g/mol. The van der Waals surface area contributed by atoms with Crippen molar-refractivity contribution in [2.24, 2.45) is 0 Å². The minimum atomic E-state index is -4.71. The number of carbonyl (C=O) groups excluding carboxylic acids is 1. The highest BCUT2D eigenvalue weighted by atomic mass is 19.4. The molecule has 1 saturated heterocycles. The van der Waals surface area contributed by atoms with Crippen LogP contribution in [0.2, 0.25) is 0 Å². The van der Waals surface area contributed by atoms with Crippen molar-refractivity contribution in [2.45, 2.75) is 19.3 Å². The van der Waals surface area contributed by atoms with Crippen LogP contribution in [0, 0.1) is 0 Å². The van der Waals surface area contributed by atoms with Crippen molar-refractivity contribution in [1.29, 1.82) is 0 Å². The second-order valence-corrected chi connectivity index (χ2v) is 6.48. The van der Waals surface area contributed by atoms with Crippen molar-refractivity contribution in [3.63, 3.8) is 0 Å². The summed E-state index contributed by atoms with van der Waals surface area (Å²) in [6.45, 7) is 3.41. The first-order chi connectivity index (χ1) is 13.2. The number of hydrogen-bond donors (Lipinski definition) is 1. The average Bonchev–Trinajstić information content (AvgIpc) is 2.63. The lowest BCUT2D eigenvalue weighted by molar-refractivity contribution is -0.274. The van der Waals surface area contributed by atoms with E-state index in [1.807, 2.05) is 11.8 Å². The number of alkyl halides is 3. The molecular weight excluding hydrogens is 375 g/mol. The monoisotopic (exact) mass is 395 g/mol. The minimum Gasteiger partial charge on any atom is -0.406 e. The molecule has 0 unspecified atom stereocenters. The summed E-state index contributed by atoms with van der Waals surface area (Å²) in [6.07, 6.45) is -3.30. The van der Waals surface area contributed by atoms with Gasteiger partial charge in [-0.1, -0.05) is 12.1 Å². The number of piperazine rings is 1. The third-order valence-electron chi connectivity index (χ3n) is 4.41. The summed E-state index contributed by atoms with van der Waals surface area (Å²) in [6, 6.07) is 7.18. The maximum Gasteiger partial charge on any atom is 0.573 e. The Bertz CT molecular complexity index is 829. The summed E-state index contributed by atoms with van der Waals surface area (Å²) in [7, 11) is 1.76. The Morgan fingerprint density at radius 1 is 1.18 bits per heavy atom. The highest BCUT2D eigenvalue weighted by Crippen LogP contribution is 2.26. The minimum absolute atomic E-state index is 0.0221. The second kappa shape index (κ2) is 7.91. The van der Waals surface area contributed by atoms with Crippen molar-refractivity contribution in [2.75, 3.05) is 36.9 Å². The third-order valence-corrected chi connectivity index (χ3v) is 4.41. The second-order valence-electron chi connectivity index (χ2n) is 6.48. The van der Waals surface area contributed by atoms with Crippen LogP contribution >= 0.6 is 0 Å². The molecule has 1 atom stereocenters. The zero-order valence-corrected chi connectivity index (χ0v) is 15.4. The Kier molecular flexibility index (Phi) is 5.57. The first-order valence-electron chi connectivity index (χ1n) is 8.64. The van der Waals surface area contributed by atoms with E-state index >= 15 is 0 Å². The Hall–Kier alpha value is -3.04. The molecule has 1 aromatic heterocycles. The Labute approximate surface area is 160 Å². The van der Waals surface area contributed by atoms with E-state index in [1.165, 1.54) is 18.5 Å². The van der Waals surface area contributed by atoms with Crippen LogP contribution < -0.4 is 15.0 Å². The molecule has 2 heterocycles. The number of likely N-dealkylation sites (N-methyl/N-ethyl adjacent to an activating group) is 1. The molecule has 0 spiro atoms. The molecule has 1 aliphatic rings. The fraction of sp³-hybridized carbons (Fsp3) is 0.389. The lowest BCUT2D eigenvalue weighted by atomic mass is 10.1. The molecule has 1 aliphatic heterocycles. The van der Waals surface area contributed by atoms with Crippen molar-refractivity contribution >= 4 is 17.5 Å². The van der Waals surface area contributed by atoms with E-state index in [0.717, 1.165) is 5.56 Å². The molecule has 0 bridgehead atoms. The SMILES string of the molecule is C[C@H](Nc1cc(N2CCN(C)C(=O)C2)ncn1)c1ccc(OC(F)(F)F)cc1. The summed E-state index contributed by atoms with van der Waals surface area (Å²) < 4.78 is 40.6. The number of aromatic nitrogens is 2. The number of hydrogen-bond acceptors (Lipinski definition) is 6. The molecule has 7 nitrogen and oxygen atoms in total. The number of nitrogens with zero attached hydrogens (tertiary/aromatic N) is 4. The lowest BCUT2D eigenvalue weighted by Gasteiger charge is -2.32. The molecule has 0 aliphatic carbocycles. The van der Waals surface area contributed by atoms with Gasteiger partial charge in [-0.15, -0.1) is 13.2 Å². The van der Waals surface area contributed by atoms with Crippen LogP contribution in [0.1, 0.15) is 18.5 Å². The first kappa shape index (κ1) is 19.7. The third kappa shape index (κ3) is 5.02. The van der Waals surface area contributed by atoms with Crippen molar-refractivity contribution in [3.05, 3.63) is 42.2 Å². The highest BCUT2D eigenvalue weighted by molar-refractivity contribution is 5.82. The number of rotatable bonds is 5. The molecule has 3 rings (SSSR count). The van der Waals surface area contributed by atoms with Gasteiger partial charge in [0.05, 0.1) is 6.54 Å². The van der Waals surface area contributed by atoms with Crippen LogP contribution in [0.4, 0.5) is 24.8 Å². The number of anilines is 2. The normalized spacial score (nSPS) is 16.1. The predicted octanol–water partition coefficient (Wildman–Crippen LogP) is 2.83. The van der Waals surface area contributed by atoms with Gasteiger partial charge in [0, 0.05) is 32.2 Å². The number of benzene rings is 1. The van der Waals surface area contributed by atoms with Crippen molar-refractivity contribution < 1.29 is 22.7 Å². The van der Waals surface area contributed by atoms with E-state index < -0.39 is 6.36 Å². The topological polar surface area (TPSA) is 70.6 Å². The van der Waals surface area contributed by atoms with Crippen LogP contribution in [0.25, 0.3) is 0 Å². The number of nitrogens with one attached hydrogen (secondary N) is 1. The van der Waals surface area contributed by atoms with Gasteiger partial charge in [-0.2, -0.15) is 0 Å². The number of ether oxygens (including phenoxy) is 1. The number of amides is 1. The fourth-order valence-electron chi connectivity index (χ4n) is 2.82. The summed E-state index contributed by atoms with van der Waals surface area (Å²) in [5, 5.41) is 3.19. The van der Waals surface area contributed by atoms with E-state index in [2.05, 4.69) is 20.0 Å². The van der Waals surface area contributed by atoms with Crippen LogP contribution in [0.3, 0.4) is 0 Å². The maximum atomic E-state index is 12.2. The van der Waals surface area contributed by atoms with Gasteiger partial charge in [-0.05, 0) is 24.6 Å². The lowest BCUT2D eigenvalue weighted by Crippen LogP contribution is -2.48. The molecule has 1 fully saturated rings. The zero-order valence-electron chi connectivity index (χ0n) is 15.4. The Morgan fingerprint density at radius 3 is 2.54 bits per heavy atom. The largest absolute Gasteiger partial charge is 0.573 e. The maximum absolute atomic E-state index is 12.2. The van der Waals surface area contributed by atoms with Gasteiger partial charge >= 0.3 is 6.36 Å². The summed E-state index contributed by atoms with van der Waals surface area (Å²) in [4.78, 5) is 23.8. The fourth-order valence-corrected chi connectivity index (χ4v) is 2.82. The molecule has 1 N–H and O–H groups in total. The summed E-state index contributed by atoms with van der Waals surface area (Å²) >= 11 is 0. The molecule has 0 saturated carbocycles. The van der Waals surface area contributed by atoms with Gasteiger partial charge in [-0.3, -0.25) is 4.79 Å². The molecule has 28 heavy (non-hydrogen) atoms. The van der Waals surface area contributed by atoms with Crippen molar-refractivity contribution in [1.82, 2.24) is 14.9 Å². The Balaban J connectivity index is 1.66. The molecule has 1 amide bonds. The van der Waals surface area contributed by atoms with Gasteiger partial charge in [0.15, 0.2) is 0 Å². The zero-order chi connectivity index (χ0) is 20.3.